The molecule has 0 radical (unpaired) electrons. The monoisotopic (exact) mass is 285 g/mol. The van der Waals surface area contributed by atoms with Gasteiger partial charge in [-0.1, -0.05) is 0 Å². The van der Waals surface area contributed by atoms with Crippen LogP contribution >= 0.6 is 0 Å². The van der Waals surface area contributed by atoms with Crippen LogP contribution in [0.1, 0.15) is 11.3 Å². The minimum atomic E-state index is -4.40. The van der Waals surface area contributed by atoms with E-state index in [1.165, 1.54) is 12.3 Å². The normalized spacial score (nSPS) is 17.9. The zero-order valence-corrected chi connectivity index (χ0v) is 10.1. The third-order valence-corrected chi connectivity index (χ3v) is 3.20. The molecule has 0 spiro atoms. The summed E-state index contributed by atoms with van der Waals surface area (Å²) in [5.41, 5.74) is -1.54. The lowest BCUT2D eigenvalue weighted by atomic mass is 9.91. The summed E-state index contributed by atoms with van der Waals surface area (Å²) in [6, 6.07) is 2.25. The van der Waals surface area contributed by atoms with Crippen molar-refractivity contribution in [2.24, 2.45) is 0 Å². The van der Waals surface area contributed by atoms with Crippen LogP contribution in [0.3, 0.4) is 0 Å². The van der Waals surface area contributed by atoms with Crippen molar-refractivity contribution in [1.82, 2.24) is 20.4 Å². The van der Waals surface area contributed by atoms with E-state index in [1.807, 2.05) is 0 Å². The van der Waals surface area contributed by atoms with Gasteiger partial charge in [0.15, 0.2) is 0 Å². The summed E-state index contributed by atoms with van der Waals surface area (Å²) < 4.78 is 37.2. The first-order chi connectivity index (χ1) is 9.38. The molecule has 0 saturated carbocycles. The second-order valence-electron chi connectivity index (χ2n) is 4.65. The number of hydrogen-bond donors (Lipinski definition) is 2. The highest BCUT2D eigenvalue weighted by Gasteiger charge is 2.45. The summed E-state index contributed by atoms with van der Waals surface area (Å²) in [6.07, 6.45) is -2.21. The van der Waals surface area contributed by atoms with Gasteiger partial charge in [-0.3, -0.25) is 0 Å². The number of H-pyrrole nitrogens is 1. The molecule has 9 heteroatoms. The molecule has 3 rings (SSSR count). The number of aliphatic hydroxyl groups is 1. The number of pyridine rings is 1. The van der Waals surface area contributed by atoms with E-state index < -0.39 is 17.3 Å². The van der Waals surface area contributed by atoms with Gasteiger partial charge < -0.3 is 10.0 Å². The molecular weight excluding hydrogens is 275 g/mol. The summed E-state index contributed by atoms with van der Waals surface area (Å²) in [4.78, 5) is 5.43. The third kappa shape index (κ3) is 2.09. The van der Waals surface area contributed by atoms with Gasteiger partial charge >= 0.3 is 6.18 Å². The Bertz CT molecular complexity index is 590. The van der Waals surface area contributed by atoms with E-state index in [2.05, 4.69) is 20.4 Å². The molecule has 1 aliphatic heterocycles. The number of β-amino-alcohol motifs (C(OH)–C–C–N with tert-alkyl or cyclic N) is 1. The molecule has 6 nitrogen and oxygen atoms in total. The number of rotatable bonds is 2. The minimum Gasteiger partial charge on any atom is -0.380 e. The minimum absolute atomic E-state index is 0.206. The van der Waals surface area contributed by atoms with E-state index >= 15 is 0 Å². The molecule has 3 heterocycles. The predicted molar refractivity (Wildman–Crippen MR) is 61.7 cm³/mol. The Morgan fingerprint density at radius 1 is 1.25 bits per heavy atom. The lowest BCUT2D eigenvalue weighted by molar-refractivity contribution is -0.137. The van der Waals surface area contributed by atoms with E-state index in [0.29, 0.717) is 11.5 Å². The maximum atomic E-state index is 12.4. The average Bonchev–Trinajstić information content (AvgIpc) is 2.88. The van der Waals surface area contributed by atoms with Crippen LogP contribution in [-0.4, -0.2) is 38.6 Å². The second kappa shape index (κ2) is 4.17. The van der Waals surface area contributed by atoms with Gasteiger partial charge in [-0.2, -0.15) is 28.6 Å². The average molecular weight is 285 g/mol. The van der Waals surface area contributed by atoms with Gasteiger partial charge in [0.2, 0.25) is 0 Å². The predicted octanol–water partition coefficient (Wildman–Crippen LogP) is 0.926. The van der Waals surface area contributed by atoms with Crippen LogP contribution in [-0.2, 0) is 11.8 Å². The van der Waals surface area contributed by atoms with Crippen molar-refractivity contribution >= 4 is 5.82 Å². The van der Waals surface area contributed by atoms with Crippen molar-refractivity contribution in [2.75, 3.05) is 18.0 Å². The number of nitrogens with zero attached hydrogens (tertiary/aromatic N) is 4. The molecule has 106 valence electrons. The van der Waals surface area contributed by atoms with Crippen molar-refractivity contribution < 1.29 is 18.3 Å². The molecule has 0 unspecified atom stereocenters. The van der Waals surface area contributed by atoms with Gasteiger partial charge in [0.1, 0.15) is 17.1 Å². The van der Waals surface area contributed by atoms with E-state index in [9.17, 15) is 18.3 Å². The Morgan fingerprint density at radius 2 is 2.00 bits per heavy atom. The molecule has 1 saturated heterocycles. The molecule has 1 fully saturated rings. The fourth-order valence-corrected chi connectivity index (χ4v) is 2.08. The van der Waals surface area contributed by atoms with Crippen LogP contribution < -0.4 is 4.90 Å². The highest BCUT2D eigenvalue weighted by atomic mass is 19.4. The number of aromatic amines is 1. The molecule has 0 atom stereocenters. The van der Waals surface area contributed by atoms with Crippen molar-refractivity contribution in [3.63, 3.8) is 0 Å². The van der Waals surface area contributed by atoms with Gasteiger partial charge in [-0.15, -0.1) is 0 Å². The number of halogens is 3. The molecule has 20 heavy (non-hydrogen) atoms. The quantitative estimate of drug-likeness (QED) is 0.858. The first-order valence-electron chi connectivity index (χ1n) is 5.75. The smallest absolute Gasteiger partial charge is 0.380 e. The molecule has 0 amide bonds. The Morgan fingerprint density at radius 3 is 2.50 bits per heavy atom. The van der Waals surface area contributed by atoms with Crippen molar-refractivity contribution in [2.45, 2.75) is 11.8 Å². The van der Waals surface area contributed by atoms with Gasteiger partial charge in [0.25, 0.3) is 0 Å². The van der Waals surface area contributed by atoms with Crippen molar-refractivity contribution in [1.29, 1.82) is 0 Å². The number of hydrogen-bond acceptors (Lipinski definition) is 5. The molecule has 2 N–H and O–H groups in total. The summed E-state index contributed by atoms with van der Waals surface area (Å²) in [5, 5.41) is 20.0. The van der Waals surface area contributed by atoms with Gasteiger partial charge in [0, 0.05) is 6.20 Å². The standard InChI is InChI=1S/C11H10F3N5O/c12-11(13,14)7-1-2-9(15-3-7)19-5-10(20,6-19)8-4-16-18-17-8/h1-4,20H,5-6H2,(H,16,17,18). The number of aromatic nitrogens is 4. The van der Waals surface area contributed by atoms with Crippen molar-refractivity contribution in [3.8, 4) is 0 Å². The fourth-order valence-electron chi connectivity index (χ4n) is 2.08. The molecule has 0 aromatic carbocycles. The molecular formula is C11H10F3N5O. The van der Waals surface area contributed by atoms with Crippen LogP contribution in [0.5, 0.6) is 0 Å². The summed E-state index contributed by atoms with van der Waals surface area (Å²) in [7, 11) is 0. The number of anilines is 1. The topological polar surface area (TPSA) is 77.9 Å². The van der Waals surface area contributed by atoms with Crippen molar-refractivity contribution in [3.05, 3.63) is 35.8 Å². The maximum absolute atomic E-state index is 12.4. The summed E-state index contributed by atoms with van der Waals surface area (Å²) in [5.74, 6) is 0.381. The largest absolute Gasteiger partial charge is 0.417 e. The Labute approximate surface area is 111 Å². The lowest BCUT2D eigenvalue weighted by Crippen LogP contribution is -2.60. The molecule has 0 bridgehead atoms. The first kappa shape index (κ1) is 12.9. The Hall–Kier alpha value is -2.16. The second-order valence-corrected chi connectivity index (χ2v) is 4.65. The van der Waals surface area contributed by atoms with E-state index in [0.717, 1.165) is 12.3 Å². The molecule has 1 aliphatic rings. The lowest BCUT2D eigenvalue weighted by Gasteiger charge is -2.45. The SMILES string of the molecule is OC1(c2cn[nH]n2)CN(c2ccc(C(F)(F)F)cn2)C1. The zero-order chi connectivity index (χ0) is 14.4. The van der Waals surface area contributed by atoms with Crippen LogP contribution in [0.2, 0.25) is 0 Å². The zero-order valence-electron chi connectivity index (χ0n) is 10.1. The Kier molecular flexibility index (Phi) is 2.68. The third-order valence-electron chi connectivity index (χ3n) is 3.20. The van der Waals surface area contributed by atoms with Gasteiger partial charge in [-0.25, -0.2) is 4.98 Å². The van der Waals surface area contributed by atoms with E-state index in [1.54, 1.807) is 4.90 Å². The highest BCUT2D eigenvalue weighted by molar-refractivity contribution is 5.46. The molecule has 2 aromatic rings. The van der Waals surface area contributed by atoms with Crippen LogP contribution in [0.4, 0.5) is 19.0 Å². The Balaban J connectivity index is 1.71. The summed E-state index contributed by atoms with van der Waals surface area (Å²) >= 11 is 0. The van der Waals surface area contributed by atoms with E-state index in [-0.39, 0.29) is 13.1 Å². The first-order valence-corrected chi connectivity index (χ1v) is 5.75. The fraction of sp³-hybridized carbons (Fsp3) is 0.364. The van der Waals surface area contributed by atoms with Crippen LogP contribution in [0.15, 0.2) is 24.5 Å². The molecule has 2 aromatic heterocycles. The molecule has 0 aliphatic carbocycles. The number of nitrogens with one attached hydrogen (secondary N) is 1. The summed E-state index contributed by atoms with van der Waals surface area (Å²) in [6.45, 7) is 0.412. The van der Waals surface area contributed by atoms with Gasteiger partial charge in [0.05, 0.1) is 24.8 Å². The highest BCUT2D eigenvalue weighted by Crippen LogP contribution is 2.34. The maximum Gasteiger partial charge on any atom is 0.417 e. The van der Waals surface area contributed by atoms with Crippen LogP contribution in [0, 0.1) is 0 Å². The van der Waals surface area contributed by atoms with E-state index in [4.69, 9.17) is 0 Å². The van der Waals surface area contributed by atoms with Gasteiger partial charge in [-0.05, 0) is 12.1 Å². The van der Waals surface area contributed by atoms with Crippen LogP contribution in [0.25, 0.3) is 0 Å². The number of alkyl halides is 3.